The average Bonchev–Trinajstić information content (AvgIpc) is 2.71. The minimum Gasteiger partial charge on any atom is -0.317 e. The molecular weight excluding hydrogens is 294 g/mol. The predicted octanol–water partition coefficient (Wildman–Crippen LogP) is 1.97. The zero-order chi connectivity index (χ0) is 12.7. The highest BCUT2D eigenvalue weighted by Crippen LogP contribution is 2.28. The van der Waals surface area contributed by atoms with Gasteiger partial charge in [0.1, 0.15) is 0 Å². The molecule has 0 radical (unpaired) electrons. The lowest BCUT2D eigenvalue weighted by molar-refractivity contribution is 0.193. The van der Waals surface area contributed by atoms with Gasteiger partial charge in [0.05, 0.1) is 6.04 Å². The van der Waals surface area contributed by atoms with Crippen molar-refractivity contribution >= 4 is 27.6 Å². The van der Waals surface area contributed by atoms with Crippen LogP contribution in [0.2, 0.25) is 0 Å². The third-order valence-electron chi connectivity index (χ3n) is 3.67. The summed E-state index contributed by atoms with van der Waals surface area (Å²) in [5.41, 5.74) is 2.15. The largest absolute Gasteiger partial charge is 0.324 e. The first-order valence-electron chi connectivity index (χ1n) is 6.22. The Balaban J connectivity index is 1.88. The Hall–Kier alpha value is -1.07. The standard InChI is InChI=1S/C13H16BrN3O/c1-9-6-10(2-3-12(9)14)17-8-11-7-15-4-5-16(11)13(17)18/h2-3,6,11,15H,4-5,7-8H2,1H3. The molecule has 1 N–H and O–H groups in total. The number of halogens is 1. The Bertz CT molecular complexity index is 491. The van der Waals surface area contributed by atoms with Gasteiger partial charge in [-0.2, -0.15) is 0 Å². The van der Waals surface area contributed by atoms with E-state index in [1.54, 1.807) is 0 Å². The maximum Gasteiger partial charge on any atom is 0.324 e. The number of fused-ring (bicyclic) bond motifs is 1. The number of rotatable bonds is 1. The van der Waals surface area contributed by atoms with E-state index in [1.165, 1.54) is 0 Å². The summed E-state index contributed by atoms with van der Waals surface area (Å²) in [6, 6.07) is 6.53. The van der Waals surface area contributed by atoms with Crippen LogP contribution < -0.4 is 10.2 Å². The Morgan fingerprint density at radius 1 is 1.44 bits per heavy atom. The molecule has 0 saturated carbocycles. The summed E-state index contributed by atoms with van der Waals surface area (Å²) >= 11 is 3.49. The molecule has 5 heteroatoms. The van der Waals surface area contributed by atoms with Crippen LogP contribution in [-0.4, -0.2) is 43.2 Å². The number of hydrogen-bond acceptors (Lipinski definition) is 2. The summed E-state index contributed by atoms with van der Waals surface area (Å²) in [5, 5.41) is 3.34. The molecule has 1 aromatic rings. The molecule has 1 atom stereocenters. The first-order chi connectivity index (χ1) is 8.66. The van der Waals surface area contributed by atoms with Crippen LogP contribution in [0.3, 0.4) is 0 Å². The van der Waals surface area contributed by atoms with Crippen molar-refractivity contribution in [3.63, 3.8) is 0 Å². The van der Waals surface area contributed by atoms with E-state index in [9.17, 15) is 4.79 Å². The SMILES string of the molecule is Cc1cc(N2CC3CNCCN3C2=O)ccc1Br. The van der Waals surface area contributed by atoms with Crippen molar-refractivity contribution in [2.75, 3.05) is 31.1 Å². The molecule has 2 aliphatic rings. The summed E-state index contributed by atoms with van der Waals surface area (Å²) < 4.78 is 1.08. The van der Waals surface area contributed by atoms with Crippen LogP contribution in [0, 0.1) is 6.92 Å². The zero-order valence-electron chi connectivity index (χ0n) is 10.3. The highest BCUT2D eigenvalue weighted by Gasteiger charge is 2.39. The molecule has 3 rings (SSSR count). The number of aryl methyl sites for hydroxylation is 1. The number of amides is 2. The summed E-state index contributed by atoms with van der Waals surface area (Å²) in [6.45, 7) is 5.44. The highest BCUT2D eigenvalue weighted by atomic mass is 79.9. The number of carbonyl (C=O) groups is 1. The van der Waals surface area contributed by atoms with Crippen molar-refractivity contribution in [3.05, 3.63) is 28.2 Å². The van der Waals surface area contributed by atoms with E-state index in [0.29, 0.717) is 6.04 Å². The van der Waals surface area contributed by atoms with E-state index >= 15 is 0 Å². The number of carbonyl (C=O) groups excluding carboxylic acids is 1. The Morgan fingerprint density at radius 3 is 3.00 bits per heavy atom. The first-order valence-corrected chi connectivity index (χ1v) is 7.01. The maximum atomic E-state index is 12.3. The van der Waals surface area contributed by atoms with E-state index in [0.717, 1.165) is 41.9 Å². The van der Waals surface area contributed by atoms with Crippen LogP contribution in [0.4, 0.5) is 10.5 Å². The van der Waals surface area contributed by atoms with Crippen molar-refractivity contribution in [1.82, 2.24) is 10.2 Å². The summed E-state index contributed by atoms with van der Waals surface area (Å²) in [4.78, 5) is 16.2. The van der Waals surface area contributed by atoms with Gasteiger partial charge in [-0.05, 0) is 30.7 Å². The number of nitrogens with zero attached hydrogens (tertiary/aromatic N) is 2. The molecule has 96 valence electrons. The molecule has 18 heavy (non-hydrogen) atoms. The molecule has 0 spiro atoms. The average molecular weight is 310 g/mol. The molecule has 2 aliphatic heterocycles. The molecule has 4 nitrogen and oxygen atoms in total. The number of nitrogens with one attached hydrogen (secondary N) is 1. The molecule has 0 aliphatic carbocycles. The normalized spacial score (nSPS) is 23.4. The number of urea groups is 1. The second-order valence-electron chi connectivity index (χ2n) is 4.88. The van der Waals surface area contributed by atoms with Crippen LogP contribution >= 0.6 is 15.9 Å². The number of hydrogen-bond donors (Lipinski definition) is 1. The van der Waals surface area contributed by atoms with Crippen molar-refractivity contribution in [2.45, 2.75) is 13.0 Å². The lowest BCUT2D eigenvalue weighted by Gasteiger charge is -2.28. The molecule has 2 amide bonds. The lowest BCUT2D eigenvalue weighted by atomic mass is 10.2. The van der Waals surface area contributed by atoms with Gasteiger partial charge in [0.15, 0.2) is 0 Å². The van der Waals surface area contributed by atoms with Crippen LogP contribution in [0.15, 0.2) is 22.7 Å². The van der Waals surface area contributed by atoms with E-state index in [1.807, 2.05) is 28.9 Å². The van der Waals surface area contributed by atoms with Gasteiger partial charge in [-0.25, -0.2) is 4.79 Å². The van der Waals surface area contributed by atoms with Crippen LogP contribution in [0.5, 0.6) is 0 Å². The van der Waals surface area contributed by atoms with E-state index in [-0.39, 0.29) is 6.03 Å². The Kier molecular flexibility index (Phi) is 3.03. The summed E-state index contributed by atoms with van der Waals surface area (Å²) in [7, 11) is 0. The summed E-state index contributed by atoms with van der Waals surface area (Å²) in [5.74, 6) is 0. The monoisotopic (exact) mass is 309 g/mol. The number of anilines is 1. The van der Waals surface area contributed by atoms with Gasteiger partial charge in [0.2, 0.25) is 0 Å². The molecule has 2 saturated heterocycles. The Morgan fingerprint density at radius 2 is 2.28 bits per heavy atom. The topological polar surface area (TPSA) is 35.6 Å². The van der Waals surface area contributed by atoms with E-state index in [4.69, 9.17) is 0 Å². The van der Waals surface area contributed by atoms with Crippen molar-refractivity contribution in [2.24, 2.45) is 0 Å². The van der Waals surface area contributed by atoms with E-state index in [2.05, 4.69) is 27.3 Å². The zero-order valence-corrected chi connectivity index (χ0v) is 11.9. The van der Waals surface area contributed by atoms with E-state index < -0.39 is 0 Å². The van der Waals surface area contributed by atoms with Crippen LogP contribution in [-0.2, 0) is 0 Å². The Labute approximate surface area is 115 Å². The number of piperazine rings is 1. The van der Waals surface area contributed by atoms with Gasteiger partial charge in [0, 0.05) is 36.3 Å². The molecule has 2 fully saturated rings. The minimum absolute atomic E-state index is 0.142. The third-order valence-corrected chi connectivity index (χ3v) is 4.56. The smallest absolute Gasteiger partial charge is 0.317 e. The predicted molar refractivity (Wildman–Crippen MR) is 75.0 cm³/mol. The van der Waals surface area contributed by atoms with Gasteiger partial charge < -0.3 is 10.2 Å². The van der Waals surface area contributed by atoms with Gasteiger partial charge in [-0.3, -0.25) is 4.90 Å². The van der Waals surface area contributed by atoms with Gasteiger partial charge in [-0.1, -0.05) is 15.9 Å². The van der Waals surface area contributed by atoms with Crippen LogP contribution in [0.25, 0.3) is 0 Å². The van der Waals surface area contributed by atoms with Crippen molar-refractivity contribution in [3.8, 4) is 0 Å². The maximum absolute atomic E-state index is 12.3. The quantitative estimate of drug-likeness (QED) is 0.861. The van der Waals surface area contributed by atoms with Crippen LogP contribution in [0.1, 0.15) is 5.56 Å². The molecular formula is C13H16BrN3O. The summed E-state index contributed by atoms with van der Waals surface area (Å²) in [6.07, 6.45) is 0. The lowest BCUT2D eigenvalue weighted by Crippen LogP contribution is -2.49. The fourth-order valence-electron chi connectivity index (χ4n) is 2.63. The first kappa shape index (κ1) is 12.0. The fourth-order valence-corrected chi connectivity index (χ4v) is 2.88. The second kappa shape index (κ2) is 4.55. The molecule has 0 bridgehead atoms. The van der Waals surface area contributed by atoms with Crippen molar-refractivity contribution in [1.29, 1.82) is 0 Å². The van der Waals surface area contributed by atoms with Gasteiger partial charge >= 0.3 is 6.03 Å². The molecule has 1 unspecified atom stereocenters. The molecule has 0 aromatic heterocycles. The molecule has 1 aromatic carbocycles. The van der Waals surface area contributed by atoms with Gasteiger partial charge in [-0.15, -0.1) is 0 Å². The fraction of sp³-hybridized carbons (Fsp3) is 0.462. The van der Waals surface area contributed by atoms with Crippen molar-refractivity contribution < 1.29 is 4.79 Å². The third kappa shape index (κ3) is 1.91. The highest BCUT2D eigenvalue weighted by molar-refractivity contribution is 9.10. The van der Waals surface area contributed by atoms with Gasteiger partial charge in [0.25, 0.3) is 0 Å². The second-order valence-corrected chi connectivity index (χ2v) is 5.73. The molecule has 2 heterocycles. The minimum atomic E-state index is 0.142. The number of benzene rings is 1.